The van der Waals surface area contributed by atoms with Crippen molar-refractivity contribution in [3.63, 3.8) is 0 Å². The van der Waals surface area contributed by atoms with Gasteiger partial charge in [0.25, 0.3) is 0 Å². The summed E-state index contributed by atoms with van der Waals surface area (Å²) >= 11 is 0. The van der Waals surface area contributed by atoms with E-state index in [4.69, 9.17) is 18.7 Å². The standard InChI is InChI=1S/C21H31N3O5/c1-6-9-15(7-2)22-18(25)10-8-11-19-23-21(24-29-19)14-12-16(26-3)20(28-5)17(13-14)27-4/h12-13,15H,6-11H2,1-5H3,(H,22,25). The van der Waals surface area contributed by atoms with Crippen molar-refractivity contribution in [1.29, 1.82) is 0 Å². The average Bonchev–Trinajstić information content (AvgIpc) is 3.21. The van der Waals surface area contributed by atoms with Crippen LogP contribution in [-0.4, -0.2) is 43.4 Å². The van der Waals surface area contributed by atoms with Crippen LogP contribution in [0.25, 0.3) is 11.4 Å². The van der Waals surface area contributed by atoms with E-state index in [-0.39, 0.29) is 11.9 Å². The summed E-state index contributed by atoms with van der Waals surface area (Å²) in [6.07, 6.45) is 4.62. The van der Waals surface area contributed by atoms with Gasteiger partial charge >= 0.3 is 0 Å². The predicted molar refractivity (Wildman–Crippen MR) is 109 cm³/mol. The summed E-state index contributed by atoms with van der Waals surface area (Å²) in [6, 6.07) is 3.78. The van der Waals surface area contributed by atoms with Crippen LogP contribution in [0.3, 0.4) is 0 Å². The molecule has 0 saturated carbocycles. The number of methoxy groups -OCH3 is 3. The first-order valence-electron chi connectivity index (χ1n) is 9.98. The summed E-state index contributed by atoms with van der Waals surface area (Å²) in [7, 11) is 4.66. The number of aromatic nitrogens is 2. The average molecular weight is 405 g/mol. The molecule has 0 aliphatic carbocycles. The van der Waals surface area contributed by atoms with Crippen LogP contribution >= 0.6 is 0 Å². The van der Waals surface area contributed by atoms with Crippen LogP contribution in [0.15, 0.2) is 16.7 Å². The Kier molecular flexibility index (Phi) is 8.76. The molecule has 0 aliphatic rings. The fourth-order valence-electron chi connectivity index (χ4n) is 3.11. The van der Waals surface area contributed by atoms with Crippen LogP contribution in [-0.2, 0) is 11.2 Å². The smallest absolute Gasteiger partial charge is 0.226 e. The molecule has 1 atom stereocenters. The van der Waals surface area contributed by atoms with Gasteiger partial charge in [-0.2, -0.15) is 4.98 Å². The number of amides is 1. The number of carbonyl (C=O) groups excluding carboxylic acids is 1. The summed E-state index contributed by atoms with van der Waals surface area (Å²) < 4.78 is 21.4. The minimum atomic E-state index is 0.0645. The van der Waals surface area contributed by atoms with E-state index in [9.17, 15) is 4.79 Å². The van der Waals surface area contributed by atoms with Gasteiger partial charge in [0, 0.05) is 24.4 Å². The van der Waals surface area contributed by atoms with E-state index in [1.807, 2.05) is 0 Å². The Labute approximate surface area is 171 Å². The highest BCUT2D eigenvalue weighted by molar-refractivity contribution is 5.76. The first-order chi connectivity index (χ1) is 14.1. The molecular weight excluding hydrogens is 374 g/mol. The molecule has 1 aromatic heterocycles. The molecule has 0 radical (unpaired) electrons. The van der Waals surface area contributed by atoms with Crippen LogP contribution in [0.5, 0.6) is 17.2 Å². The van der Waals surface area contributed by atoms with Crippen LogP contribution < -0.4 is 19.5 Å². The third-order valence-corrected chi connectivity index (χ3v) is 4.68. The number of benzene rings is 1. The highest BCUT2D eigenvalue weighted by Crippen LogP contribution is 2.40. The molecule has 2 aromatic rings. The van der Waals surface area contributed by atoms with Gasteiger partial charge in [-0.15, -0.1) is 0 Å². The van der Waals surface area contributed by atoms with Gasteiger partial charge in [-0.3, -0.25) is 4.79 Å². The van der Waals surface area contributed by atoms with E-state index in [1.165, 1.54) is 0 Å². The second-order valence-corrected chi connectivity index (χ2v) is 6.74. The molecule has 0 aliphatic heterocycles. The molecular formula is C21H31N3O5. The van der Waals surface area contributed by atoms with Gasteiger partial charge in [0.05, 0.1) is 21.3 Å². The monoisotopic (exact) mass is 405 g/mol. The van der Waals surface area contributed by atoms with E-state index in [2.05, 4.69) is 29.3 Å². The molecule has 160 valence electrons. The predicted octanol–water partition coefficient (Wildman–Crippen LogP) is 3.78. The summed E-state index contributed by atoms with van der Waals surface area (Å²) in [6.45, 7) is 4.21. The maximum Gasteiger partial charge on any atom is 0.226 e. The van der Waals surface area contributed by atoms with Crippen molar-refractivity contribution >= 4 is 5.91 Å². The summed E-state index contributed by atoms with van der Waals surface area (Å²) in [4.78, 5) is 16.5. The fourth-order valence-corrected chi connectivity index (χ4v) is 3.11. The van der Waals surface area contributed by atoms with Gasteiger partial charge in [0.15, 0.2) is 11.5 Å². The molecule has 1 unspecified atom stereocenters. The Balaban J connectivity index is 1.98. The van der Waals surface area contributed by atoms with Crippen molar-refractivity contribution in [3.05, 3.63) is 18.0 Å². The molecule has 1 heterocycles. The van der Waals surface area contributed by atoms with Crippen LogP contribution in [0.4, 0.5) is 0 Å². The number of hydrogen-bond acceptors (Lipinski definition) is 7. The quantitative estimate of drug-likeness (QED) is 0.574. The first-order valence-corrected chi connectivity index (χ1v) is 9.98. The van der Waals surface area contributed by atoms with E-state index >= 15 is 0 Å². The maximum atomic E-state index is 12.1. The summed E-state index contributed by atoms with van der Waals surface area (Å²) in [5.74, 6) is 2.52. The highest BCUT2D eigenvalue weighted by atomic mass is 16.5. The second-order valence-electron chi connectivity index (χ2n) is 6.74. The molecule has 0 spiro atoms. The van der Waals surface area contributed by atoms with E-state index in [1.54, 1.807) is 33.5 Å². The Morgan fingerprint density at radius 1 is 1.14 bits per heavy atom. The minimum Gasteiger partial charge on any atom is -0.493 e. The third-order valence-electron chi connectivity index (χ3n) is 4.68. The molecule has 29 heavy (non-hydrogen) atoms. The highest BCUT2D eigenvalue weighted by Gasteiger charge is 2.17. The van der Waals surface area contributed by atoms with Crippen molar-refractivity contribution in [2.75, 3.05) is 21.3 Å². The van der Waals surface area contributed by atoms with E-state index < -0.39 is 0 Å². The van der Waals surface area contributed by atoms with Crippen LogP contribution in [0.1, 0.15) is 51.8 Å². The van der Waals surface area contributed by atoms with Crippen molar-refractivity contribution in [3.8, 4) is 28.6 Å². The van der Waals surface area contributed by atoms with Crippen molar-refractivity contribution < 1.29 is 23.5 Å². The van der Waals surface area contributed by atoms with E-state index in [0.29, 0.717) is 53.8 Å². The summed E-state index contributed by atoms with van der Waals surface area (Å²) in [5.41, 5.74) is 0.692. The van der Waals surface area contributed by atoms with Gasteiger partial charge in [0.2, 0.25) is 23.4 Å². The Hall–Kier alpha value is -2.77. The van der Waals surface area contributed by atoms with Crippen LogP contribution in [0.2, 0.25) is 0 Å². The molecule has 1 N–H and O–H groups in total. The lowest BCUT2D eigenvalue weighted by atomic mass is 10.1. The van der Waals surface area contributed by atoms with Crippen LogP contribution in [0, 0.1) is 0 Å². The lowest BCUT2D eigenvalue weighted by Crippen LogP contribution is -2.34. The SMILES string of the molecule is CCCC(CC)NC(=O)CCCc1nc(-c2cc(OC)c(OC)c(OC)c2)no1. The lowest BCUT2D eigenvalue weighted by Gasteiger charge is -2.15. The molecule has 2 rings (SSSR count). The van der Waals surface area contributed by atoms with Gasteiger partial charge in [-0.25, -0.2) is 0 Å². The maximum absolute atomic E-state index is 12.1. The Morgan fingerprint density at radius 3 is 2.38 bits per heavy atom. The van der Waals surface area contributed by atoms with Gasteiger partial charge in [-0.1, -0.05) is 25.4 Å². The zero-order valence-electron chi connectivity index (χ0n) is 17.9. The minimum absolute atomic E-state index is 0.0645. The van der Waals surface area contributed by atoms with Crippen molar-refractivity contribution in [2.24, 2.45) is 0 Å². The second kappa shape index (κ2) is 11.3. The third kappa shape index (κ3) is 6.10. The fraction of sp³-hybridized carbons (Fsp3) is 0.571. The molecule has 8 heteroatoms. The van der Waals surface area contributed by atoms with Gasteiger partial charge in [0.1, 0.15) is 0 Å². The Morgan fingerprint density at radius 2 is 1.83 bits per heavy atom. The van der Waals surface area contributed by atoms with Gasteiger partial charge in [-0.05, 0) is 31.4 Å². The largest absolute Gasteiger partial charge is 0.493 e. The number of nitrogens with one attached hydrogen (secondary N) is 1. The first kappa shape index (κ1) is 22.5. The molecule has 8 nitrogen and oxygen atoms in total. The topological polar surface area (TPSA) is 95.7 Å². The Bertz CT molecular complexity index is 765. The van der Waals surface area contributed by atoms with E-state index in [0.717, 1.165) is 19.3 Å². The molecule has 0 fully saturated rings. The molecule has 1 amide bonds. The molecule has 0 saturated heterocycles. The normalized spacial score (nSPS) is 11.8. The molecule has 1 aromatic carbocycles. The number of rotatable bonds is 12. The number of carbonyl (C=O) groups is 1. The van der Waals surface area contributed by atoms with Gasteiger partial charge < -0.3 is 24.1 Å². The van der Waals surface area contributed by atoms with Crippen molar-refractivity contribution in [1.82, 2.24) is 15.5 Å². The zero-order chi connectivity index (χ0) is 21.2. The lowest BCUT2D eigenvalue weighted by molar-refractivity contribution is -0.122. The zero-order valence-corrected chi connectivity index (χ0v) is 17.9. The number of ether oxygens (including phenoxy) is 3. The van der Waals surface area contributed by atoms with Crippen molar-refractivity contribution in [2.45, 2.75) is 58.4 Å². The summed E-state index contributed by atoms with van der Waals surface area (Å²) in [5, 5.41) is 7.11. The number of hydrogen-bond donors (Lipinski definition) is 1. The number of nitrogens with zero attached hydrogens (tertiary/aromatic N) is 2. The number of aryl methyl sites for hydroxylation is 1. The molecule has 0 bridgehead atoms.